The summed E-state index contributed by atoms with van der Waals surface area (Å²) in [6.45, 7) is 2.30. The number of hydrogen-bond donors (Lipinski definition) is 3. The van der Waals surface area contributed by atoms with Gasteiger partial charge in [0.15, 0.2) is 0 Å². The Hall–Kier alpha value is -1.52. The second-order valence-corrected chi connectivity index (χ2v) is 5.36. The Morgan fingerprint density at radius 1 is 1.50 bits per heavy atom. The lowest BCUT2D eigenvalue weighted by molar-refractivity contribution is -0.120. The van der Waals surface area contributed by atoms with Crippen LogP contribution in [0.25, 0.3) is 10.9 Å². The molecule has 0 spiro atoms. The lowest BCUT2D eigenvalue weighted by atomic mass is 10.1. The van der Waals surface area contributed by atoms with Crippen LogP contribution >= 0.6 is 11.6 Å². The molecule has 1 amide bonds. The molecule has 0 aliphatic carbocycles. The molecule has 0 saturated carbocycles. The van der Waals surface area contributed by atoms with Gasteiger partial charge in [-0.2, -0.15) is 0 Å². The number of aliphatic hydroxyl groups is 1. The maximum atomic E-state index is 11.9. The molecule has 0 radical (unpaired) electrons. The minimum Gasteiger partial charge on any atom is -0.391 e. The van der Waals surface area contributed by atoms with Gasteiger partial charge in [-0.25, -0.2) is 0 Å². The topological polar surface area (TPSA) is 65.1 Å². The zero-order chi connectivity index (χ0) is 14.5. The number of rotatable bonds is 6. The number of carbonyl (C=O) groups is 1. The Morgan fingerprint density at radius 3 is 3.05 bits per heavy atom. The monoisotopic (exact) mass is 294 g/mol. The molecule has 1 unspecified atom stereocenters. The fourth-order valence-corrected chi connectivity index (χ4v) is 2.37. The van der Waals surface area contributed by atoms with Crippen LogP contribution in [0, 0.1) is 0 Å². The van der Waals surface area contributed by atoms with Crippen molar-refractivity contribution in [3.8, 4) is 0 Å². The van der Waals surface area contributed by atoms with Crippen molar-refractivity contribution >= 4 is 28.4 Å². The Kier molecular flexibility index (Phi) is 5.04. The lowest BCUT2D eigenvalue weighted by Gasteiger charge is -2.10. The van der Waals surface area contributed by atoms with Crippen LogP contribution in [-0.4, -0.2) is 28.6 Å². The molecule has 1 atom stereocenters. The predicted molar refractivity (Wildman–Crippen MR) is 80.9 cm³/mol. The summed E-state index contributed by atoms with van der Waals surface area (Å²) in [6, 6.07) is 5.55. The van der Waals surface area contributed by atoms with Gasteiger partial charge in [0.2, 0.25) is 5.91 Å². The first kappa shape index (κ1) is 14.9. The summed E-state index contributed by atoms with van der Waals surface area (Å²) in [7, 11) is 0. The van der Waals surface area contributed by atoms with E-state index in [9.17, 15) is 9.90 Å². The first-order valence-electron chi connectivity index (χ1n) is 6.80. The van der Waals surface area contributed by atoms with Gasteiger partial charge in [-0.15, -0.1) is 0 Å². The van der Waals surface area contributed by atoms with Gasteiger partial charge in [-0.05, 0) is 30.2 Å². The number of aromatic amines is 1. The van der Waals surface area contributed by atoms with Crippen LogP contribution < -0.4 is 5.32 Å². The molecule has 0 bridgehead atoms. The molecule has 5 heteroatoms. The van der Waals surface area contributed by atoms with Crippen LogP contribution in [0.3, 0.4) is 0 Å². The first-order valence-corrected chi connectivity index (χ1v) is 7.18. The van der Waals surface area contributed by atoms with Gasteiger partial charge in [0.1, 0.15) is 0 Å². The van der Waals surface area contributed by atoms with Crippen LogP contribution in [0.1, 0.15) is 25.3 Å². The number of carbonyl (C=O) groups excluding carboxylic acids is 1. The molecule has 3 N–H and O–H groups in total. The van der Waals surface area contributed by atoms with Gasteiger partial charge >= 0.3 is 0 Å². The van der Waals surface area contributed by atoms with Gasteiger partial charge in [0.05, 0.1) is 12.5 Å². The van der Waals surface area contributed by atoms with Crippen LogP contribution in [0.4, 0.5) is 0 Å². The number of H-pyrrole nitrogens is 1. The third-order valence-electron chi connectivity index (χ3n) is 3.24. The first-order chi connectivity index (χ1) is 9.60. The molecule has 0 aliphatic rings. The fourth-order valence-electron chi connectivity index (χ4n) is 2.20. The van der Waals surface area contributed by atoms with Crippen LogP contribution in [0.5, 0.6) is 0 Å². The van der Waals surface area contributed by atoms with Crippen molar-refractivity contribution in [2.24, 2.45) is 0 Å². The number of nitrogens with one attached hydrogen (secondary N) is 2. The molecular weight excluding hydrogens is 276 g/mol. The van der Waals surface area contributed by atoms with E-state index < -0.39 is 6.10 Å². The van der Waals surface area contributed by atoms with Gasteiger partial charge in [-0.3, -0.25) is 4.79 Å². The van der Waals surface area contributed by atoms with E-state index in [1.807, 2.05) is 31.3 Å². The Bertz CT molecular complexity index is 595. The van der Waals surface area contributed by atoms with E-state index in [0.717, 1.165) is 22.9 Å². The molecule has 1 aromatic carbocycles. The van der Waals surface area contributed by atoms with E-state index in [1.54, 1.807) is 0 Å². The zero-order valence-electron chi connectivity index (χ0n) is 11.4. The Balaban J connectivity index is 1.98. The summed E-state index contributed by atoms with van der Waals surface area (Å²) in [5.74, 6) is -0.0963. The normalized spacial score (nSPS) is 12.6. The van der Waals surface area contributed by atoms with E-state index >= 15 is 0 Å². The summed E-state index contributed by atoms with van der Waals surface area (Å²) in [5, 5.41) is 14.0. The predicted octanol–water partition coefficient (Wildman–Crippen LogP) is 2.64. The molecule has 1 heterocycles. The summed E-state index contributed by atoms with van der Waals surface area (Å²) < 4.78 is 0. The average molecular weight is 295 g/mol. The van der Waals surface area contributed by atoms with Crippen molar-refractivity contribution in [1.82, 2.24) is 10.3 Å². The SMILES string of the molecule is CCCC(O)CNC(=O)Cc1c[nH]c2ccc(Cl)cc12. The molecule has 2 rings (SSSR count). The van der Waals surface area contributed by atoms with Gasteiger partial charge in [-0.1, -0.05) is 24.9 Å². The second kappa shape index (κ2) is 6.77. The van der Waals surface area contributed by atoms with Gasteiger partial charge in [0.25, 0.3) is 0 Å². The highest BCUT2D eigenvalue weighted by atomic mass is 35.5. The Morgan fingerprint density at radius 2 is 2.30 bits per heavy atom. The number of aromatic nitrogens is 1. The second-order valence-electron chi connectivity index (χ2n) is 4.93. The quantitative estimate of drug-likeness (QED) is 0.767. The van der Waals surface area contributed by atoms with Crippen LogP contribution in [-0.2, 0) is 11.2 Å². The number of aliphatic hydroxyl groups excluding tert-OH is 1. The maximum absolute atomic E-state index is 11.9. The average Bonchev–Trinajstić information content (AvgIpc) is 2.79. The number of halogens is 1. The third-order valence-corrected chi connectivity index (χ3v) is 3.47. The van der Waals surface area contributed by atoms with Crippen molar-refractivity contribution in [3.05, 3.63) is 35.0 Å². The summed E-state index contributed by atoms with van der Waals surface area (Å²) in [6.07, 6.45) is 3.23. The summed E-state index contributed by atoms with van der Waals surface area (Å²) >= 11 is 5.97. The minimum atomic E-state index is -0.471. The number of fused-ring (bicyclic) bond motifs is 1. The van der Waals surface area contributed by atoms with Crippen molar-refractivity contribution in [2.75, 3.05) is 6.54 Å². The van der Waals surface area contributed by atoms with E-state index in [0.29, 0.717) is 18.0 Å². The van der Waals surface area contributed by atoms with Crippen LogP contribution in [0.2, 0.25) is 5.02 Å². The fraction of sp³-hybridized carbons (Fsp3) is 0.400. The highest BCUT2D eigenvalue weighted by molar-refractivity contribution is 6.31. The van der Waals surface area contributed by atoms with E-state index in [-0.39, 0.29) is 12.3 Å². The third kappa shape index (κ3) is 3.74. The summed E-state index contributed by atoms with van der Waals surface area (Å²) in [4.78, 5) is 15.0. The van der Waals surface area contributed by atoms with Gasteiger partial charge < -0.3 is 15.4 Å². The van der Waals surface area contributed by atoms with E-state index in [2.05, 4.69) is 10.3 Å². The molecule has 2 aromatic rings. The summed E-state index contributed by atoms with van der Waals surface area (Å²) in [5.41, 5.74) is 1.87. The van der Waals surface area contributed by atoms with Gasteiger partial charge in [0, 0.05) is 28.7 Å². The number of benzene rings is 1. The van der Waals surface area contributed by atoms with Crippen LogP contribution in [0.15, 0.2) is 24.4 Å². The molecule has 0 fully saturated rings. The standard InChI is InChI=1S/C15H19ClN2O2/c1-2-3-12(19)9-18-15(20)6-10-8-17-14-5-4-11(16)7-13(10)14/h4-5,7-8,12,17,19H,2-3,6,9H2,1H3,(H,18,20). The van der Waals surface area contributed by atoms with Crippen molar-refractivity contribution in [1.29, 1.82) is 0 Å². The van der Waals surface area contributed by atoms with E-state index in [4.69, 9.17) is 11.6 Å². The molecule has 1 aromatic heterocycles. The van der Waals surface area contributed by atoms with Crippen molar-refractivity contribution < 1.29 is 9.90 Å². The molecule has 4 nitrogen and oxygen atoms in total. The highest BCUT2D eigenvalue weighted by Gasteiger charge is 2.10. The van der Waals surface area contributed by atoms with E-state index in [1.165, 1.54) is 0 Å². The highest BCUT2D eigenvalue weighted by Crippen LogP contribution is 2.22. The largest absolute Gasteiger partial charge is 0.391 e. The minimum absolute atomic E-state index is 0.0963. The van der Waals surface area contributed by atoms with Crippen molar-refractivity contribution in [2.45, 2.75) is 32.3 Å². The number of hydrogen-bond acceptors (Lipinski definition) is 2. The number of amides is 1. The molecular formula is C15H19ClN2O2. The molecule has 108 valence electrons. The smallest absolute Gasteiger partial charge is 0.224 e. The molecule has 0 aliphatic heterocycles. The zero-order valence-corrected chi connectivity index (χ0v) is 12.2. The van der Waals surface area contributed by atoms with Crippen molar-refractivity contribution in [3.63, 3.8) is 0 Å². The molecule has 0 saturated heterocycles. The maximum Gasteiger partial charge on any atom is 0.224 e. The molecule has 20 heavy (non-hydrogen) atoms. The lowest BCUT2D eigenvalue weighted by Crippen LogP contribution is -2.32. The Labute approximate surface area is 123 Å².